The van der Waals surface area contributed by atoms with Crippen molar-refractivity contribution in [1.82, 2.24) is 4.90 Å². The molecule has 0 unspecified atom stereocenters. The summed E-state index contributed by atoms with van der Waals surface area (Å²) in [6.45, 7) is 7.77. The SMILES string of the molecule is COc1ccc(CN2CCOC(C)(C)C2)c(N)c1. The Kier molecular flexibility index (Phi) is 3.78. The molecule has 4 nitrogen and oxygen atoms in total. The lowest BCUT2D eigenvalue weighted by atomic mass is 10.1. The van der Waals surface area contributed by atoms with Gasteiger partial charge in [0.05, 0.1) is 19.3 Å². The van der Waals surface area contributed by atoms with Gasteiger partial charge in [0, 0.05) is 31.4 Å². The Labute approximate surface area is 109 Å². The fourth-order valence-electron chi connectivity index (χ4n) is 2.33. The third-order valence-corrected chi connectivity index (χ3v) is 3.25. The van der Waals surface area contributed by atoms with E-state index >= 15 is 0 Å². The Balaban J connectivity index is 2.05. The standard InChI is InChI=1S/C14H22N2O2/c1-14(2)10-16(6-7-18-14)9-11-4-5-12(17-3)8-13(11)15/h4-5,8H,6-7,9-10,15H2,1-3H3. The molecule has 0 atom stereocenters. The van der Waals surface area contributed by atoms with Gasteiger partial charge < -0.3 is 15.2 Å². The van der Waals surface area contributed by atoms with Crippen molar-refractivity contribution in [3.05, 3.63) is 23.8 Å². The van der Waals surface area contributed by atoms with Gasteiger partial charge in [-0.05, 0) is 25.5 Å². The number of methoxy groups -OCH3 is 1. The number of hydrogen-bond acceptors (Lipinski definition) is 4. The monoisotopic (exact) mass is 250 g/mol. The molecule has 1 aromatic rings. The van der Waals surface area contributed by atoms with E-state index < -0.39 is 0 Å². The summed E-state index contributed by atoms with van der Waals surface area (Å²) in [4.78, 5) is 2.38. The maximum atomic E-state index is 6.04. The zero-order chi connectivity index (χ0) is 13.2. The lowest BCUT2D eigenvalue weighted by Crippen LogP contribution is -2.47. The van der Waals surface area contributed by atoms with E-state index in [4.69, 9.17) is 15.2 Å². The number of ether oxygens (including phenoxy) is 2. The van der Waals surface area contributed by atoms with Gasteiger partial charge in [-0.25, -0.2) is 0 Å². The van der Waals surface area contributed by atoms with Crippen molar-refractivity contribution in [2.45, 2.75) is 26.0 Å². The van der Waals surface area contributed by atoms with E-state index in [1.54, 1.807) is 7.11 Å². The Hall–Kier alpha value is -1.26. The Morgan fingerprint density at radius 1 is 1.44 bits per heavy atom. The quantitative estimate of drug-likeness (QED) is 0.832. The summed E-state index contributed by atoms with van der Waals surface area (Å²) < 4.78 is 10.9. The van der Waals surface area contributed by atoms with E-state index in [1.165, 1.54) is 0 Å². The molecule has 1 saturated heterocycles. The summed E-state index contributed by atoms with van der Waals surface area (Å²) in [7, 11) is 1.65. The minimum Gasteiger partial charge on any atom is -0.497 e. The van der Waals surface area contributed by atoms with Crippen molar-refractivity contribution in [2.24, 2.45) is 0 Å². The van der Waals surface area contributed by atoms with Crippen LogP contribution < -0.4 is 10.5 Å². The number of anilines is 1. The summed E-state index contributed by atoms with van der Waals surface area (Å²) in [5.74, 6) is 0.804. The van der Waals surface area contributed by atoms with Crippen molar-refractivity contribution >= 4 is 5.69 Å². The molecule has 1 aliphatic rings. The molecule has 0 radical (unpaired) electrons. The molecule has 1 aliphatic heterocycles. The van der Waals surface area contributed by atoms with Gasteiger partial charge in [-0.3, -0.25) is 4.90 Å². The third kappa shape index (κ3) is 3.15. The van der Waals surface area contributed by atoms with Crippen LogP contribution in [-0.2, 0) is 11.3 Å². The highest BCUT2D eigenvalue weighted by Crippen LogP contribution is 2.23. The van der Waals surface area contributed by atoms with E-state index in [9.17, 15) is 0 Å². The fourth-order valence-corrected chi connectivity index (χ4v) is 2.33. The van der Waals surface area contributed by atoms with Gasteiger partial charge in [-0.15, -0.1) is 0 Å². The first-order valence-corrected chi connectivity index (χ1v) is 6.29. The van der Waals surface area contributed by atoms with Crippen LogP contribution in [0.25, 0.3) is 0 Å². The molecule has 2 rings (SSSR count). The van der Waals surface area contributed by atoms with Crippen LogP contribution >= 0.6 is 0 Å². The smallest absolute Gasteiger partial charge is 0.120 e. The van der Waals surface area contributed by atoms with Crippen LogP contribution in [-0.4, -0.2) is 37.3 Å². The second-order valence-corrected chi connectivity index (χ2v) is 5.38. The first-order valence-electron chi connectivity index (χ1n) is 6.29. The summed E-state index contributed by atoms with van der Waals surface area (Å²) in [5, 5.41) is 0. The van der Waals surface area contributed by atoms with Crippen molar-refractivity contribution < 1.29 is 9.47 Å². The molecule has 0 amide bonds. The normalized spacial score (nSPS) is 19.7. The van der Waals surface area contributed by atoms with Gasteiger partial charge in [0.15, 0.2) is 0 Å². The highest BCUT2D eigenvalue weighted by atomic mass is 16.5. The molecule has 1 heterocycles. The minimum absolute atomic E-state index is 0.0700. The maximum Gasteiger partial charge on any atom is 0.120 e. The lowest BCUT2D eigenvalue weighted by molar-refractivity contribution is -0.0882. The van der Waals surface area contributed by atoms with Crippen molar-refractivity contribution in [1.29, 1.82) is 0 Å². The second kappa shape index (κ2) is 5.16. The number of morpholine rings is 1. The number of nitrogens with zero attached hydrogens (tertiary/aromatic N) is 1. The van der Waals surface area contributed by atoms with E-state index in [0.29, 0.717) is 0 Å². The second-order valence-electron chi connectivity index (χ2n) is 5.38. The molecule has 2 N–H and O–H groups in total. The average Bonchev–Trinajstić information content (AvgIpc) is 2.30. The van der Waals surface area contributed by atoms with Crippen LogP contribution in [0, 0.1) is 0 Å². The number of benzene rings is 1. The third-order valence-electron chi connectivity index (χ3n) is 3.25. The topological polar surface area (TPSA) is 47.7 Å². The molecule has 1 aromatic carbocycles. The van der Waals surface area contributed by atoms with Crippen LogP contribution in [0.5, 0.6) is 5.75 Å². The molecular formula is C14H22N2O2. The molecule has 1 fully saturated rings. The Bertz CT molecular complexity index is 418. The first kappa shape index (κ1) is 13.2. The largest absolute Gasteiger partial charge is 0.497 e. The first-order chi connectivity index (χ1) is 8.50. The molecule has 18 heavy (non-hydrogen) atoms. The van der Waals surface area contributed by atoms with E-state index in [0.717, 1.165) is 43.2 Å². The Morgan fingerprint density at radius 3 is 2.83 bits per heavy atom. The van der Waals surface area contributed by atoms with E-state index in [-0.39, 0.29) is 5.60 Å². The maximum absolute atomic E-state index is 6.04. The van der Waals surface area contributed by atoms with Crippen LogP contribution in [0.4, 0.5) is 5.69 Å². The predicted octanol–water partition coefficient (Wildman–Crippen LogP) is 1.89. The van der Waals surface area contributed by atoms with Gasteiger partial charge in [0.2, 0.25) is 0 Å². The predicted molar refractivity (Wildman–Crippen MR) is 72.7 cm³/mol. The summed E-state index contributed by atoms with van der Waals surface area (Å²) in [6, 6.07) is 5.87. The zero-order valence-corrected chi connectivity index (χ0v) is 11.4. The van der Waals surface area contributed by atoms with E-state index in [1.807, 2.05) is 18.2 Å². The summed E-state index contributed by atoms with van der Waals surface area (Å²) in [5.41, 5.74) is 7.91. The molecule has 0 bridgehead atoms. The molecule has 4 heteroatoms. The van der Waals surface area contributed by atoms with Gasteiger partial charge >= 0.3 is 0 Å². The van der Waals surface area contributed by atoms with Gasteiger partial charge in [0.25, 0.3) is 0 Å². The van der Waals surface area contributed by atoms with Crippen LogP contribution in [0.2, 0.25) is 0 Å². The molecule has 100 valence electrons. The summed E-state index contributed by atoms with van der Waals surface area (Å²) >= 11 is 0. The minimum atomic E-state index is -0.0700. The highest BCUT2D eigenvalue weighted by Gasteiger charge is 2.27. The molecule has 0 spiro atoms. The number of rotatable bonds is 3. The molecule has 0 aromatic heterocycles. The van der Waals surface area contributed by atoms with Crippen LogP contribution in [0.3, 0.4) is 0 Å². The van der Waals surface area contributed by atoms with Gasteiger partial charge in [-0.2, -0.15) is 0 Å². The highest BCUT2D eigenvalue weighted by molar-refractivity contribution is 5.51. The van der Waals surface area contributed by atoms with Crippen LogP contribution in [0.1, 0.15) is 19.4 Å². The Morgan fingerprint density at radius 2 is 2.22 bits per heavy atom. The average molecular weight is 250 g/mol. The van der Waals surface area contributed by atoms with Crippen molar-refractivity contribution in [2.75, 3.05) is 32.5 Å². The molecular weight excluding hydrogens is 228 g/mol. The lowest BCUT2D eigenvalue weighted by Gasteiger charge is -2.38. The number of nitrogens with two attached hydrogens (primary N) is 1. The molecule has 0 aliphatic carbocycles. The fraction of sp³-hybridized carbons (Fsp3) is 0.571. The van der Waals surface area contributed by atoms with Gasteiger partial charge in [0.1, 0.15) is 5.75 Å². The van der Waals surface area contributed by atoms with Crippen LogP contribution in [0.15, 0.2) is 18.2 Å². The summed E-state index contributed by atoms with van der Waals surface area (Å²) in [6.07, 6.45) is 0. The zero-order valence-electron chi connectivity index (χ0n) is 11.4. The van der Waals surface area contributed by atoms with E-state index in [2.05, 4.69) is 18.7 Å². The van der Waals surface area contributed by atoms with Crippen molar-refractivity contribution in [3.8, 4) is 5.75 Å². The number of hydrogen-bond donors (Lipinski definition) is 1. The number of nitrogen functional groups attached to an aromatic ring is 1. The van der Waals surface area contributed by atoms with Gasteiger partial charge in [-0.1, -0.05) is 6.07 Å². The van der Waals surface area contributed by atoms with Crippen molar-refractivity contribution in [3.63, 3.8) is 0 Å². The molecule has 0 saturated carbocycles.